The molecule has 21 heavy (non-hydrogen) atoms. The lowest BCUT2D eigenvalue weighted by Gasteiger charge is -2.27. The van der Waals surface area contributed by atoms with Gasteiger partial charge in [-0.05, 0) is 37.7 Å². The maximum Gasteiger partial charge on any atom is 0.127 e. The molecule has 3 atom stereocenters. The Morgan fingerprint density at radius 3 is 3.05 bits per heavy atom. The maximum atomic E-state index is 6.32. The van der Waals surface area contributed by atoms with Gasteiger partial charge in [0.15, 0.2) is 0 Å². The van der Waals surface area contributed by atoms with Gasteiger partial charge in [0.25, 0.3) is 0 Å². The van der Waals surface area contributed by atoms with Crippen molar-refractivity contribution >= 4 is 22.6 Å². The normalized spacial score (nSPS) is 24.3. The number of halogens is 1. The van der Waals surface area contributed by atoms with Crippen molar-refractivity contribution in [1.29, 1.82) is 0 Å². The van der Waals surface area contributed by atoms with Crippen molar-refractivity contribution in [3.63, 3.8) is 0 Å². The molecule has 0 bridgehead atoms. The third kappa shape index (κ3) is 3.23. The third-order valence-electron chi connectivity index (χ3n) is 4.74. The molecule has 0 spiro atoms. The number of alkyl halides is 1. The first-order valence-corrected chi connectivity index (χ1v) is 8.53. The van der Waals surface area contributed by atoms with Gasteiger partial charge in [-0.15, -0.1) is 11.6 Å². The van der Waals surface area contributed by atoms with Gasteiger partial charge in [-0.2, -0.15) is 0 Å². The molecule has 1 aliphatic carbocycles. The van der Waals surface area contributed by atoms with Gasteiger partial charge in [-0.3, -0.25) is 4.98 Å². The Hall–Kier alpha value is -1.09. The van der Waals surface area contributed by atoms with E-state index in [1.807, 2.05) is 19.3 Å². The number of fused-ring (bicyclic) bond motifs is 1. The smallest absolute Gasteiger partial charge is 0.127 e. The SMILES string of the molecule is CC1CCCC(CCn2c(C(C)Cl)nc3cnccc32)C1. The van der Waals surface area contributed by atoms with Gasteiger partial charge in [0, 0.05) is 12.7 Å². The average molecular weight is 306 g/mol. The first-order chi connectivity index (χ1) is 10.1. The number of nitrogens with zero attached hydrogens (tertiary/aromatic N) is 3. The molecule has 3 nitrogen and oxygen atoms in total. The highest BCUT2D eigenvalue weighted by molar-refractivity contribution is 6.20. The molecule has 2 aromatic rings. The molecule has 0 aromatic carbocycles. The molecule has 0 aliphatic heterocycles. The minimum atomic E-state index is -0.0670. The highest BCUT2D eigenvalue weighted by atomic mass is 35.5. The summed E-state index contributed by atoms with van der Waals surface area (Å²) < 4.78 is 2.30. The van der Waals surface area contributed by atoms with Crippen molar-refractivity contribution in [2.24, 2.45) is 11.8 Å². The van der Waals surface area contributed by atoms with E-state index in [1.54, 1.807) is 0 Å². The zero-order valence-electron chi connectivity index (χ0n) is 12.9. The Balaban J connectivity index is 1.80. The van der Waals surface area contributed by atoms with Gasteiger partial charge in [0.1, 0.15) is 11.3 Å². The molecule has 3 unspecified atom stereocenters. The Morgan fingerprint density at radius 1 is 1.43 bits per heavy atom. The van der Waals surface area contributed by atoms with Crippen LogP contribution in [0.1, 0.15) is 57.2 Å². The average Bonchev–Trinajstić information content (AvgIpc) is 2.84. The van der Waals surface area contributed by atoms with E-state index in [-0.39, 0.29) is 5.38 Å². The number of hydrogen-bond acceptors (Lipinski definition) is 2. The lowest BCUT2D eigenvalue weighted by atomic mass is 9.81. The lowest BCUT2D eigenvalue weighted by Crippen LogP contribution is -2.16. The lowest BCUT2D eigenvalue weighted by molar-refractivity contribution is 0.261. The van der Waals surface area contributed by atoms with Crippen LogP contribution >= 0.6 is 11.6 Å². The first-order valence-electron chi connectivity index (χ1n) is 8.09. The summed E-state index contributed by atoms with van der Waals surface area (Å²) >= 11 is 6.32. The van der Waals surface area contributed by atoms with Gasteiger partial charge in [0.2, 0.25) is 0 Å². The predicted octanol–water partition coefficient (Wildman–Crippen LogP) is 4.95. The van der Waals surface area contributed by atoms with Crippen LogP contribution in [0.25, 0.3) is 11.0 Å². The van der Waals surface area contributed by atoms with E-state index >= 15 is 0 Å². The van der Waals surface area contributed by atoms with Crippen LogP contribution in [0.2, 0.25) is 0 Å². The minimum absolute atomic E-state index is 0.0670. The molecular formula is C17H24ClN3. The van der Waals surface area contributed by atoms with Crippen LogP contribution < -0.4 is 0 Å². The van der Waals surface area contributed by atoms with Crippen LogP contribution in [0.15, 0.2) is 18.5 Å². The van der Waals surface area contributed by atoms with Crippen LogP contribution in [-0.4, -0.2) is 14.5 Å². The zero-order chi connectivity index (χ0) is 14.8. The summed E-state index contributed by atoms with van der Waals surface area (Å²) in [5.74, 6) is 2.72. The highest BCUT2D eigenvalue weighted by Crippen LogP contribution is 2.32. The summed E-state index contributed by atoms with van der Waals surface area (Å²) in [7, 11) is 0. The summed E-state index contributed by atoms with van der Waals surface area (Å²) in [6.45, 7) is 5.40. The summed E-state index contributed by atoms with van der Waals surface area (Å²) in [6, 6.07) is 2.05. The fourth-order valence-corrected chi connectivity index (χ4v) is 3.84. The largest absolute Gasteiger partial charge is 0.327 e. The second-order valence-electron chi connectivity index (χ2n) is 6.53. The number of aromatic nitrogens is 3. The molecule has 1 aliphatic rings. The van der Waals surface area contributed by atoms with Crippen LogP contribution in [0, 0.1) is 11.8 Å². The Morgan fingerprint density at radius 2 is 2.29 bits per heavy atom. The summed E-state index contributed by atoms with van der Waals surface area (Å²) in [6.07, 6.45) is 10.4. The van der Waals surface area contributed by atoms with Crippen molar-refractivity contribution in [3.8, 4) is 0 Å². The molecular weight excluding hydrogens is 282 g/mol. The Kier molecular flexibility index (Phi) is 4.48. The van der Waals surface area contributed by atoms with Crippen LogP contribution in [0.3, 0.4) is 0 Å². The van der Waals surface area contributed by atoms with E-state index in [0.717, 1.165) is 35.2 Å². The van der Waals surface area contributed by atoms with Crippen molar-refractivity contribution in [3.05, 3.63) is 24.3 Å². The molecule has 0 saturated heterocycles. The van der Waals surface area contributed by atoms with E-state index in [2.05, 4.69) is 27.5 Å². The number of pyridine rings is 1. The van der Waals surface area contributed by atoms with Gasteiger partial charge in [-0.1, -0.05) is 26.2 Å². The number of aryl methyl sites for hydroxylation is 1. The van der Waals surface area contributed by atoms with Crippen molar-refractivity contribution in [2.75, 3.05) is 0 Å². The molecule has 0 N–H and O–H groups in total. The second kappa shape index (κ2) is 6.35. The molecule has 2 aromatic heterocycles. The second-order valence-corrected chi connectivity index (χ2v) is 7.18. The Bertz CT molecular complexity index is 605. The van der Waals surface area contributed by atoms with E-state index in [4.69, 9.17) is 11.6 Å². The van der Waals surface area contributed by atoms with Crippen LogP contribution in [0.4, 0.5) is 0 Å². The van der Waals surface area contributed by atoms with Crippen LogP contribution in [-0.2, 0) is 6.54 Å². The van der Waals surface area contributed by atoms with Gasteiger partial charge in [0.05, 0.1) is 17.1 Å². The molecule has 0 amide bonds. The predicted molar refractivity (Wildman–Crippen MR) is 87.5 cm³/mol. The molecule has 0 radical (unpaired) electrons. The standard InChI is InChI=1S/C17H24ClN3/c1-12-4-3-5-14(10-12)7-9-21-16-6-8-19-11-15(16)20-17(21)13(2)18/h6,8,11-14H,3-5,7,9-10H2,1-2H3. The van der Waals surface area contributed by atoms with Gasteiger partial charge in [-0.25, -0.2) is 4.98 Å². The summed E-state index contributed by atoms with van der Waals surface area (Å²) in [5, 5.41) is -0.0670. The molecule has 2 heterocycles. The third-order valence-corrected chi connectivity index (χ3v) is 4.94. The van der Waals surface area contributed by atoms with E-state index in [0.29, 0.717) is 0 Å². The number of rotatable bonds is 4. The summed E-state index contributed by atoms with van der Waals surface area (Å²) in [4.78, 5) is 8.83. The van der Waals surface area contributed by atoms with E-state index < -0.39 is 0 Å². The number of imidazole rings is 1. The van der Waals surface area contributed by atoms with Crippen LogP contribution in [0.5, 0.6) is 0 Å². The highest BCUT2D eigenvalue weighted by Gasteiger charge is 2.20. The molecule has 1 saturated carbocycles. The quantitative estimate of drug-likeness (QED) is 0.748. The fourth-order valence-electron chi connectivity index (χ4n) is 3.67. The molecule has 3 rings (SSSR count). The molecule has 1 fully saturated rings. The van der Waals surface area contributed by atoms with Crippen molar-refractivity contribution in [2.45, 2.75) is 57.9 Å². The Labute approximate surface area is 131 Å². The van der Waals surface area contributed by atoms with Crippen molar-refractivity contribution in [1.82, 2.24) is 14.5 Å². The number of hydrogen-bond donors (Lipinski definition) is 0. The molecule has 114 valence electrons. The topological polar surface area (TPSA) is 30.7 Å². The fraction of sp³-hybridized carbons (Fsp3) is 0.647. The summed E-state index contributed by atoms with van der Waals surface area (Å²) in [5.41, 5.74) is 2.12. The maximum absolute atomic E-state index is 6.32. The van der Waals surface area contributed by atoms with Crippen molar-refractivity contribution < 1.29 is 0 Å². The van der Waals surface area contributed by atoms with E-state index in [9.17, 15) is 0 Å². The van der Waals surface area contributed by atoms with Gasteiger partial charge >= 0.3 is 0 Å². The monoisotopic (exact) mass is 305 g/mol. The van der Waals surface area contributed by atoms with Gasteiger partial charge < -0.3 is 4.57 Å². The zero-order valence-corrected chi connectivity index (χ0v) is 13.7. The first kappa shape index (κ1) is 14.8. The molecule has 4 heteroatoms. The van der Waals surface area contributed by atoms with E-state index in [1.165, 1.54) is 32.1 Å². The minimum Gasteiger partial charge on any atom is -0.327 e.